The van der Waals surface area contributed by atoms with Crippen molar-refractivity contribution < 1.29 is 14.4 Å². The highest BCUT2D eigenvalue weighted by atomic mass is 16.2. The third kappa shape index (κ3) is 4.84. The number of imide groups is 2. The zero-order valence-electron chi connectivity index (χ0n) is 19.1. The molecular weight excluding hydrogens is 390 g/mol. The lowest BCUT2D eigenvalue weighted by molar-refractivity contribution is -0.144. The summed E-state index contributed by atoms with van der Waals surface area (Å²) in [5.41, 5.74) is 2.36. The minimum absolute atomic E-state index is 0.0959. The van der Waals surface area contributed by atoms with Gasteiger partial charge in [0.05, 0.1) is 0 Å². The summed E-state index contributed by atoms with van der Waals surface area (Å²) >= 11 is 0. The normalized spacial score (nSPS) is 16.6. The fourth-order valence-electron chi connectivity index (χ4n) is 3.82. The quantitative estimate of drug-likeness (QED) is 0.735. The van der Waals surface area contributed by atoms with Gasteiger partial charge in [0.2, 0.25) is 11.8 Å². The molecule has 4 amide bonds. The van der Waals surface area contributed by atoms with E-state index in [0.29, 0.717) is 0 Å². The number of nitrogens with zero attached hydrogens (tertiary/aromatic N) is 1. The Balaban J connectivity index is 2.13. The molecule has 1 aliphatic rings. The summed E-state index contributed by atoms with van der Waals surface area (Å²) < 4.78 is 0. The number of hydrogen-bond acceptors (Lipinski definition) is 4. The van der Waals surface area contributed by atoms with Crippen LogP contribution >= 0.6 is 0 Å². The maximum absolute atomic E-state index is 13.1. The van der Waals surface area contributed by atoms with E-state index in [1.807, 2.05) is 0 Å². The van der Waals surface area contributed by atoms with E-state index in [1.54, 1.807) is 24.5 Å². The molecule has 0 aliphatic carbocycles. The largest absolute Gasteiger partial charge is 0.328 e. The van der Waals surface area contributed by atoms with E-state index in [0.717, 1.165) is 22.3 Å². The number of carbonyl (C=O) groups excluding carboxylic acids is 3. The molecule has 1 aromatic heterocycles. The van der Waals surface area contributed by atoms with Crippen LogP contribution in [-0.4, -0.2) is 22.8 Å². The lowest BCUT2D eigenvalue weighted by Gasteiger charge is -2.35. The molecule has 0 atom stereocenters. The monoisotopic (exact) mass is 421 g/mol. The minimum atomic E-state index is -1.43. The minimum Gasteiger partial charge on any atom is -0.277 e. The Morgan fingerprint density at radius 1 is 0.742 bits per heavy atom. The number of urea groups is 1. The van der Waals surface area contributed by atoms with Crippen molar-refractivity contribution in [1.82, 2.24) is 15.6 Å². The van der Waals surface area contributed by atoms with Gasteiger partial charge < -0.3 is 0 Å². The number of carbonyl (C=O) groups is 3. The van der Waals surface area contributed by atoms with Crippen LogP contribution in [0.25, 0.3) is 0 Å². The van der Waals surface area contributed by atoms with Crippen molar-refractivity contribution in [3.8, 4) is 0 Å². The second kappa shape index (κ2) is 7.91. The first-order chi connectivity index (χ1) is 14.3. The summed E-state index contributed by atoms with van der Waals surface area (Å²) in [7, 11) is 0. The number of barbiturate groups is 1. The predicted molar refractivity (Wildman–Crippen MR) is 120 cm³/mol. The van der Waals surface area contributed by atoms with Crippen LogP contribution in [0.2, 0.25) is 0 Å². The molecule has 6 heteroatoms. The summed E-state index contributed by atoms with van der Waals surface area (Å²) in [5, 5.41) is 4.61. The number of aromatic nitrogens is 1. The maximum atomic E-state index is 13.1. The fraction of sp³-hybridized carbons (Fsp3) is 0.440. The number of benzene rings is 1. The molecule has 2 N–H and O–H groups in total. The predicted octanol–water partition coefficient (Wildman–Crippen LogP) is 3.81. The van der Waals surface area contributed by atoms with E-state index < -0.39 is 23.3 Å². The Kier molecular flexibility index (Phi) is 5.78. The molecule has 0 radical (unpaired) electrons. The van der Waals surface area contributed by atoms with Gasteiger partial charge in [-0.3, -0.25) is 25.2 Å². The standard InChI is InChI=1S/C25H31N3O3/c1-23(2,3)18-11-17(12-19(13-18)24(4,5)6)15-25(14-16-7-9-26-10-8-16)20(29)27-22(31)28-21(25)30/h7-13H,14-15H2,1-6H3,(H2,27,28,29,30,31). The third-order valence-electron chi connectivity index (χ3n) is 5.81. The molecule has 0 bridgehead atoms. The smallest absolute Gasteiger partial charge is 0.277 e. The highest BCUT2D eigenvalue weighted by Crippen LogP contribution is 2.35. The lowest BCUT2D eigenvalue weighted by atomic mass is 9.72. The molecule has 2 aromatic rings. The Morgan fingerprint density at radius 2 is 1.19 bits per heavy atom. The van der Waals surface area contributed by atoms with Crippen LogP contribution in [0.3, 0.4) is 0 Å². The summed E-state index contributed by atoms with van der Waals surface area (Å²) in [4.78, 5) is 42.0. The summed E-state index contributed by atoms with van der Waals surface area (Å²) in [6.45, 7) is 12.9. The highest BCUT2D eigenvalue weighted by molar-refractivity contribution is 6.19. The zero-order chi connectivity index (χ0) is 23.0. The molecule has 6 nitrogen and oxygen atoms in total. The van der Waals surface area contributed by atoms with Crippen LogP contribution in [0.15, 0.2) is 42.7 Å². The van der Waals surface area contributed by atoms with E-state index in [4.69, 9.17) is 0 Å². The molecule has 0 unspecified atom stereocenters. The van der Waals surface area contributed by atoms with E-state index >= 15 is 0 Å². The topological polar surface area (TPSA) is 88.2 Å². The van der Waals surface area contributed by atoms with Gasteiger partial charge in [-0.15, -0.1) is 0 Å². The van der Waals surface area contributed by atoms with E-state index in [-0.39, 0.29) is 23.7 Å². The summed E-state index contributed by atoms with van der Waals surface area (Å²) in [6, 6.07) is 9.12. The maximum Gasteiger partial charge on any atom is 0.328 e. The van der Waals surface area contributed by atoms with Gasteiger partial charge in [0.25, 0.3) is 0 Å². The summed E-state index contributed by atoms with van der Waals surface area (Å²) in [6.07, 6.45) is 3.62. The van der Waals surface area contributed by atoms with Crippen molar-refractivity contribution >= 4 is 17.8 Å². The van der Waals surface area contributed by atoms with Crippen molar-refractivity contribution in [2.75, 3.05) is 0 Å². The van der Waals surface area contributed by atoms with Crippen LogP contribution in [0.1, 0.15) is 63.8 Å². The lowest BCUT2D eigenvalue weighted by Crippen LogP contribution is -2.64. The van der Waals surface area contributed by atoms with E-state index in [9.17, 15) is 14.4 Å². The van der Waals surface area contributed by atoms with Gasteiger partial charge in [-0.1, -0.05) is 59.7 Å². The molecule has 0 saturated carbocycles. The second-order valence-electron chi connectivity index (χ2n) is 10.4. The number of amides is 4. The second-order valence-corrected chi connectivity index (χ2v) is 10.4. The van der Waals surface area contributed by atoms with Gasteiger partial charge in [-0.25, -0.2) is 4.79 Å². The van der Waals surface area contributed by atoms with Crippen molar-refractivity contribution in [2.45, 2.75) is 65.2 Å². The Labute approximate surface area is 183 Å². The van der Waals surface area contributed by atoms with E-state index in [1.165, 1.54) is 0 Å². The molecule has 1 aromatic carbocycles. The SMILES string of the molecule is CC(C)(C)c1cc(CC2(Cc3ccncc3)C(=O)NC(=O)NC2=O)cc(C(C)(C)C)c1. The van der Waals surface area contributed by atoms with Gasteiger partial charge in [0.15, 0.2) is 0 Å². The van der Waals surface area contributed by atoms with Crippen LogP contribution in [-0.2, 0) is 33.3 Å². The fourth-order valence-corrected chi connectivity index (χ4v) is 3.82. The molecule has 3 rings (SSSR count). The zero-order valence-corrected chi connectivity index (χ0v) is 19.1. The van der Waals surface area contributed by atoms with E-state index in [2.05, 4.69) is 75.4 Å². The van der Waals surface area contributed by atoms with Crippen LogP contribution in [0.5, 0.6) is 0 Å². The number of nitrogens with one attached hydrogen (secondary N) is 2. The molecule has 164 valence electrons. The van der Waals surface area contributed by atoms with Crippen molar-refractivity contribution in [2.24, 2.45) is 5.41 Å². The Bertz CT molecular complexity index is 962. The number of rotatable bonds is 4. The van der Waals surface area contributed by atoms with Gasteiger partial charge in [0, 0.05) is 12.4 Å². The molecule has 1 fully saturated rings. The molecular formula is C25H31N3O3. The van der Waals surface area contributed by atoms with Crippen molar-refractivity contribution in [1.29, 1.82) is 0 Å². The number of pyridine rings is 1. The van der Waals surface area contributed by atoms with Crippen LogP contribution in [0, 0.1) is 5.41 Å². The highest BCUT2D eigenvalue weighted by Gasteiger charge is 2.50. The number of hydrogen-bond donors (Lipinski definition) is 2. The Morgan fingerprint density at radius 3 is 1.65 bits per heavy atom. The van der Waals surface area contributed by atoms with Crippen molar-refractivity contribution in [3.05, 3.63) is 65.0 Å². The molecule has 1 aliphatic heterocycles. The van der Waals surface area contributed by atoms with Crippen LogP contribution in [0.4, 0.5) is 4.79 Å². The molecule has 31 heavy (non-hydrogen) atoms. The van der Waals surface area contributed by atoms with Crippen molar-refractivity contribution in [3.63, 3.8) is 0 Å². The van der Waals surface area contributed by atoms with Gasteiger partial charge in [-0.05, 0) is 58.1 Å². The first-order valence-corrected chi connectivity index (χ1v) is 10.5. The van der Waals surface area contributed by atoms with Crippen LogP contribution < -0.4 is 10.6 Å². The summed E-state index contributed by atoms with van der Waals surface area (Å²) in [5.74, 6) is -1.15. The molecule has 0 spiro atoms. The third-order valence-corrected chi connectivity index (χ3v) is 5.81. The van der Waals surface area contributed by atoms with Gasteiger partial charge in [-0.2, -0.15) is 0 Å². The van der Waals surface area contributed by atoms with Gasteiger partial charge in [0.1, 0.15) is 5.41 Å². The molecule has 1 saturated heterocycles. The average molecular weight is 422 g/mol. The average Bonchev–Trinajstić information content (AvgIpc) is 2.65. The first-order valence-electron chi connectivity index (χ1n) is 10.5. The van der Waals surface area contributed by atoms with Gasteiger partial charge >= 0.3 is 6.03 Å². The molecule has 2 heterocycles. The first kappa shape index (κ1) is 22.7. The Hall–Kier alpha value is -3.02.